The minimum Gasteiger partial charge on any atom is -0.507 e. The van der Waals surface area contributed by atoms with Crippen molar-refractivity contribution in [1.82, 2.24) is 5.32 Å². The molecular weight excluding hydrogens is 337 g/mol. The van der Waals surface area contributed by atoms with Gasteiger partial charge in [0.25, 0.3) is 5.91 Å². The molecule has 1 rings (SSSR count). The third-order valence-electron chi connectivity index (χ3n) is 2.11. The Morgan fingerprint density at radius 2 is 2.24 bits per heavy atom. The van der Waals surface area contributed by atoms with Gasteiger partial charge in [-0.15, -0.1) is 0 Å². The molecule has 0 saturated heterocycles. The summed E-state index contributed by atoms with van der Waals surface area (Å²) in [6, 6.07) is 4.04. The molecule has 0 fully saturated rings. The Kier molecular flexibility index (Phi) is 4.55. The van der Waals surface area contributed by atoms with Gasteiger partial charge >= 0.3 is 0 Å². The van der Waals surface area contributed by atoms with Crippen LogP contribution in [0.1, 0.15) is 17.3 Å². The quantitative estimate of drug-likeness (QED) is 0.213. The first-order chi connectivity index (χ1) is 7.95. The molecule has 0 saturated carbocycles. The summed E-state index contributed by atoms with van der Waals surface area (Å²) in [6.07, 6.45) is 0. The van der Waals surface area contributed by atoms with Crippen LogP contribution in [0.15, 0.2) is 23.4 Å². The minimum absolute atomic E-state index is 0.108. The van der Waals surface area contributed by atoms with Gasteiger partial charge < -0.3 is 21.4 Å². The molecule has 6 nitrogen and oxygen atoms in total. The highest BCUT2D eigenvalue weighted by molar-refractivity contribution is 14.1. The summed E-state index contributed by atoms with van der Waals surface area (Å²) < 4.78 is 0.821. The third kappa shape index (κ3) is 3.48. The number of phenolic OH excluding ortho intramolecular Hbond substituents is 1. The fraction of sp³-hybridized carbons (Fsp3) is 0.200. The van der Waals surface area contributed by atoms with Crippen LogP contribution >= 0.6 is 22.6 Å². The SMILES string of the molecule is CC(NC(=O)c1cc(I)ccc1O)/C(N)=N/O. The van der Waals surface area contributed by atoms with Crippen LogP contribution in [0.5, 0.6) is 5.75 Å². The van der Waals surface area contributed by atoms with Crippen LogP contribution in [0.3, 0.4) is 0 Å². The van der Waals surface area contributed by atoms with E-state index in [1.807, 2.05) is 22.6 Å². The lowest BCUT2D eigenvalue weighted by atomic mass is 10.1. The highest BCUT2D eigenvalue weighted by atomic mass is 127. The minimum atomic E-state index is -0.621. The number of amidine groups is 1. The lowest BCUT2D eigenvalue weighted by molar-refractivity contribution is 0.0946. The molecule has 1 aromatic carbocycles. The van der Waals surface area contributed by atoms with Gasteiger partial charge in [0.1, 0.15) is 5.75 Å². The van der Waals surface area contributed by atoms with Crippen LogP contribution in [0.4, 0.5) is 0 Å². The molecule has 0 spiro atoms. The molecule has 0 aliphatic heterocycles. The van der Waals surface area contributed by atoms with E-state index >= 15 is 0 Å². The molecule has 0 aliphatic carbocycles. The summed E-state index contributed by atoms with van der Waals surface area (Å²) in [5, 5.41) is 23.3. The average molecular weight is 349 g/mol. The third-order valence-corrected chi connectivity index (χ3v) is 2.78. The van der Waals surface area contributed by atoms with Gasteiger partial charge in [0.15, 0.2) is 5.84 Å². The number of oxime groups is 1. The van der Waals surface area contributed by atoms with Crippen molar-refractivity contribution in [3.05, 3.63) is 27.3 Å². The molecule has 1 unspecified atom stereocenters. The Labute approximate surface area is 112 Å². The monoisotopic (exact) mass is 349 g/mol. The van der Waals surface area contributed by atoms with Crippen molar-refractivity contribution in [2.75, 3.05) is 0 Å². The van der Waals surface area contributed by atoms with Gasteiger partial charge in [-0.25, -0.2) is 0 Å². The van der Waals surface area contributed by atoms with E-state index in [-0.39, 0.29) is 17.1 Å². The molecule has 0 aromatic heterocycles. The maximum absolute atomic E-state index is 11.8. The molecule has 1 aromatic rings. The van der Waals surface area contributed by atoms with E-state index in [1.54, 1.807) is 19.1 Å². The topological polar surface area (TPSA) is 108 Å². The number of carbonyl (C=O) groups is 1. The lowest BCUT2D eigenvalue weighted by Gasteiger charge is -2.12. The molecule has 0 aliphatic rings. The molecule has 1 atom stereocenters. The second kappa shape index (κ2) is 5.71. The van der Waals surface area contributed by atoms with Gasteiger partial charge in [-0.1, -0.05) is 5.16 Å². The van der Waals surface area contributed by atoms with Crippen molar-refractivity contribution in [3.8, 4) is 5.75 Å². The van der Waals surface area contributed by atoms with Crippen LogP contribution in [0.25, 0.3) is 0 Å². The first kappa shape index (κ1) is 13.6. The van der Waals surface area contributed by atoms with Crippen LogP contribution < -0.4 is 11.1 Å². The van der Waals surface area contributed by atoms with Crippen molar-refractivity contribution in [3.63, 3.8) is 0 Å². The van der Waals surface area contributed by atoms with E-state index in [0.717, 1.165) is 3.57 Å². The number of halogens is 1. The summed E-state index contributed by atoms with van der Waals surface area (Å²) in [5.41, 5.74) is 5.48. The Hall–Kier alpha value is -1.51. The highest BCUT2D eigenvalue weighted by Crippen LogP contribution is 2.19. The maximum Gasteiger partial charge on any atom is 0.255 e. The number of benzene rings is 1. The van der Waals surface area contributed by atoms with E-state index < -0.39 is 11.9 Å². The molecular formula is C10H12IN3O3. The largest absolute Gasteiger partial charge is 0.507 e. The fourth-order valence-electron chi connectivity index (χ4n) is 1.13. The predicted molar refractivity (Wildman–Crippen MR) is 71.2 cm³/mol. The Balaban J connectivity index is 2.87. The van der Waals surface area contributed by atoms with Crippen LogP contribution in [0.2, 0.25) is 0 Å². The van der Waals surface area contributed by atoms with E-state index in [9.17, 15) is 9.90 Å². The zero-order valence-corrected chi connectivity index (χ0v) is 11.2. The van der Waals surface area contributed by atoms with Gasteiger partial charge in [0.2, 0.25) is 0 Å². The number of carbonyl (C=O) groups excluding carboxylic acids is 1. The molecule has 7 heteroatoms. The van der Waals surface area contributed by atoms with Gasteiger partial charge in [-0.3, -0.25) is 4.79 Å². The number of nitrogens with two attached hydrogens (primary N) is 1. The summed E-state index contributed by atoms with van der Waals surface area (Å²) in [7, 11) is 0. The van der Waals surface area contributed by atoms with E-state index in [1.165, 1.54) is 6.07 Å². The zero-order valence-electron chi connectivity index (χ0n) is 9.01. The number of aromatic hydroxyl groups is 1. The number of rotatable bonds is 3. The van der Waals surface area contributed by atoms with Gasteiger partial charge in [0.05, 0.1) is 11.6 Å². The fourth-order valence-corrected chi connectivity index (χ4v) is 1.62. The standard InChI is InChI=1S/C10H12IN3O3/c1-5(9(12)14-17)13-10(16)7-4-6(11)2-3-8(7)15/h2-5,15,17H,1H3,(H2,12,14)(H,13,16). The zero-order chi connectivity index (χ0) is 13.0. The second-order valence-corrected chi connectivity index (χ2v) is 4.63. The average Bonchev–Trinajstić information content (AvgIpc) is 2.30. The van der Waals surface area contributed by atoms with Crippen molar-refractivity contribution >= 4 is 34.3 Å². The summed E-state index contributed by atoms with van der Waals surface area (Å²) in [4.78, 5) is 11.8. The van der Waals surface area contributed by atoms with E-state index in [2.05, 4.69) is 10.5 Å². The summed E-state index contributed by atoms with van der Waals surface area (Å²) in [6.45, 7) is 1.57. The van der Waals surface area contributed by atoms with Gasteiger partial charge in [-0.2, -0.15) is 0 Å². The predicted octanol–water partition coefficient (Wildman–Crippen LogP) is 0.862. The Morgan fingerprint density at radius 3 is 2.82 bits per heavy atom. The van der Waals surface area contributed by atoms with Crippen LogP contribution in [-0.2, 0) is 0 Å². The van der Waals surface area contributed by atoms with Crippen molar-refractivity contribution < 1.29 is 15.1 Å². The number of hydrogen-bond acceptors (Lipinski definition) is 4. The molecule has 0 bridgehead atoms. The van der Waals surface area contributed by atoms with Crippen molar-refractivity contribution in [2.45, 2.75) is 13.0 Å². The highest BCUT2D eigenvalue weighted by Gasteiger charge is 2.16. The van der Waals surface area contributed by atoms with Crippen molar-refractivity contribution in [1.29, 1.82) is 0 Å². The molecule has 0 heterocycles. The maximum atomic E-state index is 11.8. The molecule has 92 valence electrons. The van der Waals surface area contributed by atoms with Crippen LogP contribution in [0, 0.1) is 3.57 Å². The number of hydrogen-bond donors (Lipinski definition) is 4. The number of phenols is 1. The second-order valence-electron chi connectivity index (χ2n) is 3.38. The normalized spacial score (nSPS) is 13.2. The first-order valence-corrected chi connectivity index (χ1v) is 5.80. The number of amides is 1. The number of nitrogens with one attached hydrogen (secondary N) is 1. The number of nitrogens with zero attached hydrogens (tertiary/aromatic N) is 1. The molecule has 1 amide bonds. The molecule has 5 N–H and O–H groups in total. The van der Waals surface area contributed by atoms with Crippen molar-refractivity contribution in [2.24, 2.45) is 10.9 Å². The smallest absolute Gasteiger partial charge is 0.255 e. The lowest BCUT2D eigenvalue weighted by Crippen LogP contribution is -2.42. The van der Waals surface area contributed by atoms with Crippen LogP contribution in [-0.4, -0.2) is 28.1 Å². The Morgan fingerprint density at radius 1 is 1.59 bits per heavy atom. The first-order valence-electron chi connectivity index (χ1n) is 4.72. The van der Waals surface area contributed by atoms with E-state index in [0.29, 0.717) is 0 Å². The van der Waals surface area contributed by atoms with Gasteiger partial charge in [0, 0.05) is 3.57 Å². The molecule has 17 heavy (non-hydrogen) atoms. The molecule has 0 radical (unpaired) electrons. The Bertz CT molecular complexity index is 462. The summed E-state index contributed by atoms with van der Waals surface area (Å²) >= 11 is 2.03. The summed E-state index contributed by atoms with van der Waals surface area (Å²) in [5.74, 6) is -0.710. The van der Waals surface area contributed by atoms with E-state index in [4.69, 9.17) is 10.9 Å². The van der Waals surface area contributed by atoms with Gasteiger partial charge in [-0.05, 0) is 47.7 Å².